The second kappa shape index (κ2) is 6.46. The lowest BCUT2D eigenvalue weighted by Crippen LogP contribution is -2.24. The van der Waals surface area contributed by atoms with Crippen molar-refractivity contribution in [2.75, 3.05) is 12.4 Å². The zero-order valence-electron chi connectivity index (χ0n) is 13.5. The van der Waals surface area contributed by atoms with Crippen molar-refractivity contribution < 1.29 is 9.53 Å². The Hall–Kier alpha value is -1.85. The first-order valence-electron chi connectivity index (χ1n) is 7.93. The van der Waals surface area contributed by atoms with E-state index in [1.807, 2.05) is 36.4 Å². The molecule has 3 aromatic rings. The maximum atomic E-state index is 12.4. The largest absolute Gasteiger partial charge is 0.496 e. The molecule has 1 aliphatic rings. The molecule has 0 fully saturated rings. The first-order valence-corrected chi connectivity index (χ1v) is 9.51. The summed E-state index contributed by atoms with van der Waals surface area (Å²) >= 11 is 7.22. The molecule has 0 saturated heterocycles. The van der Waals surface area contributed by atoms with Crippen LogP contribution in [0.15, 0.2) is 57.5 Å². The first-order chi connectivity index (χ1) is 12.1. The number of nitrogens with one attached hydrogen (secondary N) is 1. The van der Waals surface area contributed by atoms with Gasteiger partial charge in [0.25, 0.3) is 0 Å². The van der Waals surface area contributed by atoms with Crippen molar-refractivity contribution in [3.05, 3.63) is 68.6 Å². The molecule has 0 spiro atoms. The van der Waals surface area contributed by atoms with Gasteiger partial charge in [0.15, 0.2) is 0 Å². The van der Waals surface area contributed by atoms with Gasteiger partial charge in [-0.15, -0.1) is 0 Å². The van der Waals surface area contributed by atoms with Crippen molar-refractivity contribution in [3.63, 3.8) is 0 Å². The normalized spacial score (nSPS) is 16.4. The third-order valence-corrected chi connectivity index (χ3v) is 5.77. The van der Waals surface area contributed by atoms with E-state index in [-0.39, 0.29) is 11.8 Å². The molecule has 3 nitrogen and oxygen atoms in total. The summed E-state index contributed by atoms with van der Waals surface area (Å²) in [5, 5.41) is 5.20. The first kappa shape index (κ1) is 16.6. The van der Waals surface area contributed by atoms with Gasteiger partial charge in [0.2, 0.25) is 5.91 Å². The van der Waals surface area contributed by atoms with Gasteiger partial charge in [0, 0.05) is 32.2 Å². The van der Waals surface area contributed by atoms with Gasteiger partial charge >= 0.3 is 0 Å². The molecule has 0 saturated carbocycles. The van der Waals surface area contributed by atoms with Gasteiger partial charge in [-0.1, -0.05) is 56.1 Å². The SMILES string of the molecule is COc1ccc(Br)cc1C1CC(=O)Nc2c1cc(Br)c1ccccc21. The molecule has 0 aliphatic carbocycles. The van der Waals surface area contributed by atoms with Crippen molar-refractivity contribution in [1.82, 2.24) is 0 Å². The van der Waals surface area contributed by atoms with Crippen LogP contribution in [0.5, 0.6) is 5.75 Å². The number of methoxy groups -OCH3 is 1. The summed E-state index contributed by atoms with van der Waals surface area (Å²) < 4.78 is 7.55. The number of hydrogen-bond donors (Lipinski definition) is 1. The number of hydrogen-bond acceptors (Lipinski definition) is 2. The molecule has 126 valence electrons. The van der Waals surface area contributed by atoms with Gasteiger partial charge in [0.1, 0.15) is 5.75 Å². The molecule has 1 N–H and O–H groups in total. The third-order valence-electron chi connectivity index (χ3n) is 4.62. The summed E-state index contributed by atoms with van der Waals surface area (Å²) in [7, 11) is 1.66. The van der Waals surface area contributed by atoms with Gasteiger partial charge in [0.05, 0.1) is 12.8 Å². The number of rotatable bonds is 2. The van der Waals surface area contributed by atoms with Crippen molar-refractivity contribution in [2.45, 2.75) is 12.3 Å². The Morgan fingerprint density at radius 3 is 2.56 bits per heavy atom. The van der Waals surface area contributed by atoms with E-state index in [9.17, 15) is 4.79 Å². The van der Waals surface area contributed by atoms with E-state index in [0.717, 1.165) is 42.3 Å². The number of carbonyl (C=O) groups excluding carboxylic acids is 1. The van der Waals surface area contributed by atoms with Crippen molar-refractivity contribution >= 4 is 54.2 Å². The van der Waals surface area contributed by atoms with Crippen LogP contribution in [0, 0.1) is 0 Å². The van der Waals surface area contributed by atoms with Gasteiger partial charge < -0.3 is 10.1 Å². The van der Waals surface area contributed by atoms with E-state index in [1.165, 1.54) is 0 Å². The second-order valence-electron chi connectivity index (χ2n) is 6.06. The highest BCUT2D eigenvalue weighted by Crippen LogP contribution is 2.46. The molecule has 1 unspecified atom stereocenters. The van der Waals surface area contributed by atoms with E-state index in [2.05, 4.69) is 49.3 Å². The van der Waals surface area contributed by atoms with Gasteiger partial charge in [-0.05, 0) is 35.2 Å². The molecule has 5 heteroatoms. The smallest absolute Gasteiger partial charge is 0.225 e. The van der Waals surface area contributed by atoms with Gasteiger partial charge in [-0.25, -0.2) is 0 Å². The summed E-state index contributed by atoms with van der Waals surface area (Å²) in [5.41, 5.74) is 3.00. The van der Waals surface area contributed by atoms with Crippen LogP contribution >= 0.6 is 31.9 Å². The Bertz CT molecular complexity index is 1000. The Morgan fingerprint density at radius 2 is 1.80 bits per heavy atom. The molecule has 0 radical (unpaired) electrons. The number of carbonyl (C=O) groups is 1. The molecular formula is C20H15Br2NO2. The number of benzene rings is 3. The monoisotopic (exact) mass is 459 g/mol. The molecule has 4 rings (SSSR count). The minimum atomic E-state index is -0.0582. The Morgan fingerprint density at radius 1 is 1.04 bits per heavy atom. The fourth-order valence-corrected chi connectivity index (χ4v) is 4.48. The van der Waals surface area contributed by atoms with E-state index in [4.69, 9.17) is 4.74 Å². The minimum absolute atomic E-state index is 0.0204. The summed E-state index contributed by atoms with van der Waals surface area (Å²) in [6.07, 6.45) is 0.393. The average Bonchev–Trinajstić information content (AvgIpc) is 2.62. The van der Waals surface area contributed by atoms with Gasteiger partial charge in [-0.3, -0.25) is 4.79 Å². The van der Waals surface area contributed by atoms with Crippen LogP contribution in [0.4, 0.5) is 5.69 Å². The highest BCUT2D eigenvalue weighted by atomic mass is 79.9. The van der Waals surface area contributed by atoms with Crippen LogP contribution in [-0.4, -0.2) is 13.0 Å². The number of halogens is 2. The Kier molecular flexibility index (Phi) is 4.29. The molecular weight excluding hydrogens is 446 g/mol. The van der Waals surface area contributed by atoms with Crippen molar-refractivity contribution in [1.29, 1.82) is 0 Å². The van der Waals surface area contributed by atoms with Crippen LogP contribution in [-0.2, 0) is 4.79 Å². The quantitative estimate of drug-likeness (QED) is 0.521. The number of anilines is 1. The lowest BCUT2D eigenvalue weighted by atomic mass is 9.83. The van der Waals surface area contributed by atoms with Crippen LogP contribution in [0.3, 0.4) is 0 Å². The lowest BCUT2D eigenvalue weighted by molar-refractivity contribution is -0.116. The fraction of sp³-hybridized carbons (Fsp3) is 0.150. The zero-order chi connectivity index (χ0) is 17.6. The number of fused-ring (bicyclic) bond motifs is 3. The lowest BCUT2D eigenvalue weighted by Gasteiger charge is -2.29. The standard InChI is InChI=1S/C20H15Br2NO2/c1-25-18-7-6-11(21)8-15(18)14-10-19(24)23-20-13-5-3-2-4-12(13)17(22)9-16(14)20/h2-9,14H,10H2,1H3,(H,23,24). The maximum Gasteiger partial charge on any atom is 0.225 e. The molecule has 0 bridgehead atoms. The van der Waals surface area contributed by atoms with Gasteiger partial charge in [-0.2, -0.15) is 0 Å². The highest BCUT2D eigenvalue weighted by molar-refractivity contribution is 9.11. The summed E-state index contributed by atoms with van der Waals surface area (Å²) in [6, 6.07) is 16.1. The van der Waals surface area contributed by atoms with E-state index < -0.39 is 0 Å². The molecule has 3 aromatic carbocycles. The Balaban J connectivity index is 2.00. The molecule has 0 aromatic heterocycles. The van der Waals surface area contributed by atoms with Crippen molar-refractivity contribution in [2.24, 2.45) is 0 Å². The topological polar surface area (TPSA) is 38.3 Å². The van der Waals surface area contributed by atoms with Crippen LogP contribution in [0.1, 0.15) is 23.5 Å². The highest BCUT2D eigenvalue weighted by Gasteiger charge is 2.30. The molecule has 1 atom stereocenters. The summed E-state index contributed by atoms with van der Waals surface area (Å²) in [5.74, 6) is 0.752. The number of amides is 1. The Labute approximate surface area is 162 Å². The summed E-state index contributed by atoms with van der Waals surface area (Å²) in [4.78, 5) is 12.4. The zero-order valence-corrected chi connectivity index (χ0v) is 16.6. The van der Waals surface area contributed by atoms with Crippen molar-refractivity contribution in [3.8, 4) is 5.75 Å². The molecule has 1 amide bonds. The predicted molar refractivity (Wildman–Crippen MR) is 107 cm³/mol. The van der Waals surface area contributed by atoms with E-state index in [1.54, 1.807) is 7.11 Å². The molecule has 1 heterocycles. The van der Waals surface area contributed by atoms with Crippen LogP contribution < -0.4 is 10.1 Å². The third kappa shape index (κ3) is 2.85. The molecule has 25 heavy (non-hydrogen) atoms. The number of ether oxygens (including phenoxy) is 1. The maximum absolute atomic E-state index is 12.4. The van der Waals surface area contributed by atoms with E-state index in [0.29, 0.717) is 6.42 Å². The predicted octanol–water partition coefficient (Wildman–Crippen LogP) is 5.85. The van der Waals surface area contributed by atoms with Crippen LogP contribution in [0.2, 0.25) is 0 Å². The average molecular weight is 461 g/mol. The minimum Gasteiger partial charge on any atom is -0.496 e. The molecule has 1 aliphatic heterocycles. The van der Waals surface area contributed by atoms with Crippen LogP contribution in [0.25, 0.3) is 10.8 Å². The fourth-order valence-electron chi connectivity index (χ4n) is 3.51. The van der Waals surface area contributed by atoms with E-state index >= 15 is 0 Å². The summed E-state index contributed by atoms with van der Waals surface area (Å²) in [6.45, 7) is 0. The second-order valence-corrected chi connectivity index (χ2v) is 7.83.